The molecule has 1 heterocycles. The Morgan fingerprint density at radius 1 is 0.900 bits per heavy atom. The van der Waals surface area contributed by atoms with Gasteiger partial charge in [-0.15, -0.1) is 0 Å². The number of aryl methyl sites for hydroxylation is 4. The number of Topliss-reactive ketones (excluding diaryl/α,β-unsaturated/α-hetero) is 1. The average Bonchev–Trinajstić information content (AvgIpc) is 3.31. The third kappa shape index (κ3) is 3.04. The first-order valence-corrected chi connectivity index (χ1v) is 10.9. The lowest BCUT2D eigenvalue weighted by Crippen LogP contribution is -2.41. The Bertz CT molecular complexity index is 1070. The molecule has 1 aliphatic heterocycles. The predicted octanol–water partition coefficient (Wildman–Crippen LogP) is 3.70. The van der Waals surface area contributed by atoms with E-state index in [-0.39, 0.29) is 18.2 Å². The van der Waals surface area contributed by atoms with Gasteiger partial charge < -0.3 is 5.32 Å². The lowest BCUT2D eigenvalue weighted by molar-refractivity contribution is -0.130. The van der Waals surface area contributed by atoms with Gasteiger partial charge in [-0.2, -0.15) is 0 Å². The topological polar surface area (TPSA) is 66.5 Å². The van der Waals surface area contributed by atoms with E-state index in [0.717, 1.165) is 49.0 Å². The SMILES string of the molecule is C[C@@]1(c2ccc3c(c2)CCC3)NC(=O)N(CC(=O)c2ccc3c(c2)CCCC3)C1=O. The summed E-state index contributed by atoms with van der Waals surface area (Å²) in [6.45, 7) is 1.50. The van der Waals surface area contributed by atoms with E-state index in [4.69, 9.17) is 0 Å². The standard InChI is InChI=1S/C25H26N2O3/c1-25(21-12-11-17-7-4-8-19(17)14-21)23(29)27(24(30)26-25)15-22(28)20-10-9-16-5-2-3-6-18(16)13-20/h9-14H,2-8,15H2,1H3,(H,26,30)/t25-/m0/s1. The first-order valence-electron chi connectivity index (χ1n) is 10.9. The number of rotatable bonds is 4. The Balaban J connectivity index is 1.37. The van der Waals surface area contributed by atoms with E-state index in [0.29, 0.717) is 5.56 Å². The molecule has 1 N–H and O–H groups in total. The van der Waals surface area contributed by atoms with Crippen LogP contribution in [0.1, 0.15) is 64.4 Å². The Hall–Kier alpha value is -2.95. The quantitative estimate of drug-likeness (QED) is 0.626. The highest BCUT2D eigenvalue weighted by molar-refractivity contribution is 6.11. The number of imide groups is 1. The highest BCUT2D eigenvalue weighted by Gasteiger charge is 2.49. The number of carbonyl (C=O) groups is 3. The van der Waals surface area contributed by atoms with Crippen LogP contribution in [-0.4, -0.2) is 29.2 Å². The summed E-state index contributed by atoms with van der Waals surface area (Å²) in [4.78, 5) is 39.8. The summed E-state index contributed by atoms with van der Waals surface area (Å²) in [5.41, 5.74) is 5.31. The van der Waals surface area contributed by atoms with Gasteiger partial charge in [-0.1, -0.05) is 30.3 Å². The summed E-state index contributed by atoms with van der Waals surface area (Å²) in [6.07, 6.45) is 7.54. The van der Waals surface area contributed by atoms with Gasteiger partial charge in [0.25, 0.3) is 5.91 Å². The Labute approximate surface area is 176 Å². The second-order valence-corrected chi connectivity index (χ2v) is 8.90. The molecule has 3 aliphatic rings. The Kier molecular flexibility index (Phi) is 4.49. The molecule has 5 rings (SSSR count). The molecule has 0 saturated carbocycles. The van der Waals surface area contributed by atoms with Crippen LogP contribution in [0, 0.1) is 0 Å². The first-order chi connectivity index (χ1) is 14.5. The fraction of sp³-hybridized carbons (Fsp3) is 0.400. The molecule has 0 unspecified atom stereocenters. The van der Waals surface area contributed by atoms with Gasteiger partial charge in [0, 0.05) is 5.56 Å². The number of nitrogens with one attached hydrogen (secondary N) is 1. The summed E-state index contributed by atoms with van der Waals surface area (Å²) >= 11 is 0. The van der Waals surface area contributed by atoms with E-state index in [1.165, 1.54) is 28.7 Å². The number of hydrogen-bond donors (Lipinski definition) is 1. The zero-order valence-electron chi connectivity index (χ0n) is 17.3. The lowest BCUT2D eigenvalue weighted by Gasteiger charge is -2.23. The van der Waals surface area contributed by atoms with Crippen molar-refractivity contribution in [2.75, 3.05) is 6.54 Å². The van der Waals surface area contributed by atoms with Crippen LogP contribution in [0.3, 0.4) is 0 Å². The third-order valence-corrected chi connectivity index (χ3v) is 6.92. The summed E-state index contributed by atoms with van der Waals surface area (Å²) in [5.74, 6) is -0.568. The third-order valence-electron chi connectivity index (χ3n) is 6.92. The molecule has 3 amide bonds. The van der Waals surface area contributed by atoms with E-state index in [1.54, 1.807) is 6.92 Å². The van der Waals surface area contributed by atoms with Crippen LogP contribution in [0.2, 0.25) is 0 Å². The molecule has 5 nitrogen and oxygen atoms in total. The normalized spacial score (nSPS) is 22.6. The Morgan fingerprint density at radius 3 is 2.33 bits per heavy atom. The molecule has 2 aliphatic carbocycles. The summed E-state index contributed by atoms with van der Waals surface area (Å²) in [6, 6.07) is 11.3. The predicted molar refractivity (Wildman–Crippen MR) is 113 cm³/mol. The monoisotopic (exact) mass is 402 g/mol. The average molecular weight is 402 g/mol. The van der Waals surface area contributed by atoms with Crippen molar-refractivity contribution in [1.29, 1.82) is 0 Å². The van der Waals surface area contributed by atoms with Crippen molar-refractivity contribution in [3.05, 3.63) is 69.8 Å². The van der Waals surface area contributed by atoms with Crippen LogP contribution in [0.25, 0.3) is 0 Å². The number of benzene rings is 2. The molecule has 1 atom stereocenters. The lowest BCUT2D eigenvalue weighted by atomic mass is 9.89. The van der Waals surface area contributed by atoms with E-state index in [1.807, 2.05) is 30.3 Å². The van der Waals surface area contributed by atoms with E-state index in [2.05, 4.69) is 11.4 Å². The molecule has 30 heavy (non-hydrogen) atoms. The number of nitrogens with zero attached hydrogens (tertiary/aromatic N) is 1. The number of fused-ring (bicyclic) bond motifs is 2. The molecule has 2 aromatic carbocycles. The fourth-order valence-corrected chi connectivity index (χ4v) is 5.06. The minimum Gasteiger partial charge on any atom is -0.319 e. The van der Waals surface area contributed by atoms with Crippen LogP contribution in [-0.2, 0) is 36.0 Å². The summed E-state index contributed by atoms with van der Waals surface area (Å²) in [5, 5.41) is 2.83. The first kappa shape index (κ1) is 19.0. The van der Waals surface area contributed by atoms with E-state index < -0.39 is 11.6 Å². The number of ketones is 1. The van der Waals surface area contributed by atoms with Crippen LogP contribution in [0.5, 0.6) is 0 Å². The van der Waals surface area contributed by atoms with Crippen molar-refractivity contribution in [1.82, 2.24) is 10.2 Å². The zero-order valence-corrected chi connectivity index (χ0v) is 17.3. The maximum atomic E-state index is 13.2. The molecule has 2 aromatic rings. The van der Waals surface area contributed by atoms with Gasteiger partial charge >= 0.3 is 6.03 Å². The second-order valence-electron chi connectivity index (χ2n) is 8.90. The van der Waals surface area contributed by atoms with Gasteiger partial charge in [0.1, 0.15) is 5.54 Å². The number of carbonyl (C=O) groups excluding carboxylic acids is 3. The smallest absolute Gasteiger partial charge is 0.319 e. The van der Waals surface area contributed by atoms with Crippen molar-refractivity contribution in [3.8, 4) is 0 Å². The largest absolute Gasteiger partial charge is 0.325 e. The van der Waals surface area contributed by atoms with Gasteiger partial charge in [-0.05, 0) is 85.8 Å². The molecule has 5 heteroatoms. The molecular weight excluding hydrogens is 376 g/mol. The Morgan fingerprint density at radius 2 is 1.53 bits per heavy atom. The second kappa shape index (κ2) is 7.08. The van der Waals surface area contributed by atoms with Crippen molar-refractivity contribution >= 4 is 17.7 Å². The minimum atomic E-state index is -1.13. The van der Waals surface area contributed by atoms with Crippen LogP contribution >= 0.6 is 0 Å². The number of hydrogen-bond acceptors (Lipinski definition) is 3. The van der Waals surface area contributed by atoms with Crippen molar-refractivity contribution in [2.45, 2.75) is 57.4 Å². The molecule has 1 fully saturated rings. The van der Waals surface area contributed by atoms with E-state index >= 15 is 0 Å². The summed E-state index contributed by atoms with van der Waals surface area (Å²) < 4.78 is 0. The van der Waals surface area contributed by atoms with Gasteiger partial charge in [-0.3, -0.25) is 14.5 Å². The molecule has 1 saturated heterocycles. The highest BCUT2D eigenvalue weighted by atomic mass is 16.2. The van der Waals surface area contributed by atoms with Crippen molar-refractivity contribution in [2.24, 2.45) is 0 Å². The van der Waals surface area contributed by atoms with E-state index in [9.17, 15) is 14.4 Å². The molecule has 0 bridgehead atoms. The van der Waals surface area contributed by atoms with Gasteiger partial charge in [0.2, 0.25) is 0 Å². The van der Waals surface area contributed by atoms with Crippen LogP contribution < -0.4 is 5.32 Å². The molecule has 0 spiro atoms. The maximum Gasteiger partial charge on any atom is 0.325 e. The van der Waals surface area contributed by atoms with Gasteiger partial charge in [0.15, 0.2) is 5.78 Å². The highest BCUT2D eigenvalue weighted by Crippen LogP contribution is 2.33. The zero-order chi connectivity index (χ0) is 20.9. The molecule has 0 aromatic heterocycles. The molecular formula is C25H26N2O3. The fourth-order valence-electron chi connectivity index (χ4n) is 5.06. The minimum absolute atomic E-state index is 0.204. The van der Waals surface area contributed by atoms with Gasteiger partial charge in [0.05, 0.1) is 6.54 Å². The summed E-state index contributed by atoms with van der Waals surface area (Å²) in [7, 11) is 0. The number of amides is 3. The van der Waals surface area contributed by atoms with Crippen molar-refractivity contribution < 1.29 is 14.4 Å². The van der Waals surface area contributed by atoms with Crippen molar-refractivity contribution in [3.63, 3.8) is 0 Å². The maximum absolute atomic E-state index is 13.2. The van der Waals surface area contributed by atoms with Crippen LogP contribution in [0.4, 0.5) is 4.79 Å². The van der Waals surface area contributed by atoms with Gasteiger partial charge in [-0.25, -0.2) is 4.79 Å². The molecule has 0 radical (unpaired) electrons. The number of urea groups is 1. The molecule has 154 valence electrons. The van der Waals surface area contributed by atoms with Crippen LogP contribution in [0.15, 0.2) is 36.4 Å².